The van der Waals surface area contributed by atoms with E-state index in [4.69, 9.17) is 16.4 Å². The Morgan fingerprint density at radius 1 is 1.06 bits per heavy atom. The number of benzene rings is 3. The van der Waals surface area contributed by atoms with E-state index >= 15 is 0 Å². The summed E-state index contributed by atoms with van der Waals surface area (Å²) in [6, 6.07) is 19.1. The van der Waals surface area contributed by atoms with Crippen LogP contribution in [0.2, 0.25) is 5.02 Å². The van der Waals surface area contributed by atoms with Crippen LogP contribution in [0.3, 0.4) is 0 Å². The van der Waals surface area contributed by atoms with Crippen molar-refractivity contribution in [1.29, 1.82) is 0 Å². The van der Waals surface area contributed by atoms with Gasteiger partial charge in [-0.15, -0.1) is 0 Å². The molecule has 0 aliphatic carbocycles. The Morgan fingerprint density at radius 2 is 1.87 bits per heavy atom. The van der Waals surface area contributed by atoms with Crippen molar-refractivity contribution in [3.8, 4) is 0 Å². The predicted octanol–water partition coefficient (Wildman–Crippen LogP) is 5.45. The smallest absolute Gasteiger partial charge is 0.254 e. The van der Waals surface area contributed by atoms with E-state index in [1.54, 1.807) is 47.4 Å². The van der Waals surface area contributed by atoms with Gasteiger partial charge in [-0.2, -0.15) is 0 Å². The second-order valence-electron chi connectivity index (χ2n) is 7.28. The number of halogens is 3. The average Bonchev–Trinajstić information content (AvgIpc) is 3.21. The molecular weight excluding hydrogens is 422 g/mol. The molecule has 4 nitrogen and oxygen atoms in total. The summed E-state index contributed by atoms with van der Waals surface area (Å²) in [5, 5.41) is 4.58. The van der Waals surface area contributed by atoms with Crippen molar-refractivity contribution in [2.75, 3.05) is 6.54 Å². The lowest BCUT2D eigenvalue weighted by Crippen LogP contribution is -2.37. The maximum absolute atomic E-state index is 14.1. The van der Waals surface area contributed by atoms with Crippen LogP contribution >= 0.6 is 11.6 Å². The van der Waals surface area contributed by atoms with E-state index in [-0.39, 0.29) is 30.4 Å². The Balaban J connectivity index is 1.53. The average molecular weight is 441 g/mol. The third kappa shape index (κ3) is 5.09. The molecule has 3 aromatic carbocycles. The summed E-state index contributed by atoms with van der Waals surface area (Å²) in [4.78, 5) is 20.2. The Kier molecular flexibility index (Phi) is 6.28. The minimum Gasteiger partial charge on any atom is -0.390 e. The van der Waals surface area contributed by atoms with Gasteiger partial charge in [0.2, 0.25) is 0 Å². The zero-order valence-corrected chi connectivity index (χ0v) is 17.2. The van der Waals surface area contributed by atoms with Gasteiger partial charge in [0.05, 0.1) is 12.3 Å². The maximum atomic E-state index is 14.1. The molecule has 1 atom stereocenters. The van der Waals surface area contributed by atoms with Crippen molar-refractivity contribution in [1.82, 2.24) is 4.90 Å². The van der Waals surface area contributed by atoms with Crippen LogP contribution in [0, 0.1) is 11.6 Å². The molecule has 0 aromatic heterocycles. The van der Waals surface area contributed by atoms with Crippen LogP contribution in [0.1, 0.15) is 27.9 Å². The van der Waals surface area contributed by atoms with Gasteiger partial charge in [-0.1, -0.05) is 53.2 Å². The molecule has 158 valence electrons. The molecule has 31 heavy (non-hydrogen) atoms. The first-order valence-electron chi connectivity index (χ1n) is 9.76. The molecule has 0 spiro atoms. The summed E-state index contributed by atoms with van der Waals surface area (Å²) in [7, 11) is 0. The lowest BCUT2D eigenvalue weighted by Gasteiger charge is -2.25. The SMILES string of the molecule is O=C(c1cccc(F)c1)N(Cc1cccc(Cl)c1)C[C@H]1CC(c2ccccc2F)=NO1. The first-order chi connectivity index (χ1) is 15.0. The monoisotopic (exact) mass is 440 g/mol. The third-order valence-electron chi connectivity index (χ3n) is 4.96. The predicted molar refractivity (Wildman–Crippen MR) is 115 cm³/mol. The minimum atomic E-state index is -0.490. The van der Waals surface area contributed by atoms with Crippen molar-refractivity contribution in [3.63, 3.8) is 0 Å². The van der Waals surface area contributed by atoms with E-state index in [0.29, 0.717) is 22.7 Å². The van der Waals surface area contributed by atoms with Gasteiger partial charge in [0.25, 0.3) is 5.91 Å². The molecule has 0 saturated heterocycles. The fourth-order valence-corrected chi connectivity index (χ4v) is 3.72. The number of oxime groups is 1. The van der Waals surface area contributed by atoms with E-state index < -0.39 is 11.9 Å². The summed E-state index contributed by atoms with van der Waals surface area (Å²) >= 11 is 6.09. The van der Waals surface area contributed by atoms with E-state index in [1.165, 1.54) is 24.3 Å². The molecular formula is C24H19ClF2N2O2. The number of hydrogen-bond acceptors (Lipinski definition) is 3. The van der Waals surface area contributed by atoms with Crippen LogP contribution in [-0.4, -0.2) is 29.2 Å². The first-order valence-corrected chi connectivity index (χ1v) is 10.1. The Bertz CT molecular complexity index is 1140. The minimum absolute atomic E-state index is 0.198. The Hall–Kier alpha value is -3.25. The van der Waals surface area contributed by atoms with Crippen molar-refractivity contribution in [3.05, 3.63) is 106 Å². The highest BCUT2D eigenvalue weighted by Gasteiger charge is 2.28. The normalized spacial score (nSPS) is 15.3. The van der Waals surface area contributed by atoms with E-state index in [0.717, 1.165) is 5.56 Å². The number of nitrogens with zero attached hydrogens (tertiary/aromatic N) is 2. The Labute approximate surface area is 183 Å². The lowest BCUT2D eigenvalue weighted by molar-refractivity contribution is 0.0405. The van der Waals surface area contributed by atoms with Gasteiger partial charge in [0, 0.05) is 29.1 Å². The van der Waals surface area contributed by atoms with Crippen molar-refractivity contribution in [2.45, 2.75) is 19.1 Å². The standard InChI is InChI=1S/C24H19ClF2N2O2/c25-18-7-3-5-16(11-18)14-29(24(30)17-6-4-8-19(26)12-17)15-20-13-23(28-31-20)21-9-1-2-10-22(21)27/h1-12,20H,13-15H2/t20-/m1/s1. The van der Waals surface area contributed by atoms with Crippen LogP contribution in [0.25, 0.3) is 0 Å². The van der Waals surface area contributed by atoms with Crippen molar-refractivity contribution < 1.29 is 18.4 Å². The molecule has 0 N–H and O–H groups in total. The summed E-state index contributed by atoms with van der Waals surface area (Å²) in [5.74, 6) is -1.21. The van der Waals surface area contributed by atoms with E-state index in [2.05, 4.69) is 5.16 Å². The van der Waals surface area contributed by atoms with Gasteiger partial charge in [-0.05, 0) is 42.0 Å². The topological polar surface area (TPSA) is 41.9 Å². The molecule has 1 aliphatic rings. The van der Waals surface area contributed by atoms with Crippen molar-refractivity contribution >= 4 is 23.2 Å². The lowest BCUT2D eigenvalue weighted by atomic mass is 10.0. The Morgan fingerprint density at radius 3 is 2.65 bits per heavy atom. The molecule has 1 amide bonds. The number of carbonyl (C=O) groups is 1. The number of amides is 1. The summed E-state index contributed by atoms with van der Waals surface area (Å²) in [6.45, 7) is 0.452. The van der Waals surface area contributed by atoms with E-state index in [9.17, 15) is 13.6 Å². The largest absolute Gasteiger partial charge is 0.390 e. The van der Waals surface area contributed by atoms with Crippen LogP contribution in [0.15, 0.2) is 78.0 Å². The molecule has 0 radical (unpaired) electrons. The highest BCUT2D eigenvalue weighted by molar-refractivity contribution is 6.30. The maximum Gasteiger partial charge on any atom is 0.254 e. The number of hydrogen-bond donors (Lipinski definition) is 0. The summed E-state index contributed by atoms with van der Waals surface area (Å²) in [5.41, 5.74) is 1.92. The first kappa shape index (κ1) is 21.0. The zero-order valence-electron chi connectivity index (χ0n) is 16.5. The van der Waals surface area contributed by atoms with Crippen LogP contribution in [0.4, 0.5) is 8.78 Å². The molecule has 1 heterocycles. The van der Waals surface area contributed by atoms with Gasteiger partial charge in [0.1, 0.15) is 11.6 Å². The molecule has 0 unspecified atom stereocenters. The molecule has 7 heteroatoms. The van der Waals surface area contributed by atoms with E-state index in [1.807, 2.05) is 6.07 Å². The molecule has 3 aromatic rings. The van der Waals surface area contributed by atoms with Gasteiger partial charge in [0.15, 0.2) is 6.10 Å². The summed E-state index contributed by atoms with van der Waals surface area (Å²) in [6.07, 6.45) is -0.102. The van der Waals surface area contributed by atoms with Crippen LogP contribution < -0.4 is 0 Å². The highest BCUT2D eigenvalue weighted by Crippen LogP contribution is 2.22. The number of rotatable bonds is 6. The molecule has 0 bridgehead atoms. The summed E-state index contributed by atoms with van der Waals surface area (Å²) < 4.78 is 27.8. The molecule has 0 saturated carbocycles. The van der Waals surface area contributed by atoms with Gasteiger partial charge >= 0.3 is 0 Å². The second-order valence-corrected chi connectivity index (χ2v) is 7.71. The van der Waals surface area contributed by atoms with Crippen LogP contribution in [0.5, 0.6) is 0 Å². The van der Waals surface area contributed by atoms with Gasteiger partial charge in [-0.25, -0.2) is 8.78 Å². The fourth-order valence-electron chi connectivity index (χ4n) is 3.51. The van der Waals surface area contributed by atoms with Crippen LogP contribution in [-0.2, 0) is 11.4 Å². The quantitative estimate of drug-likeness (QED) is 0.511. The number of carbonyl (C=O) groups excluding carboxylic acids is 1. The molecule has 4 rings (SSSR count). The van der Waals surface area contributed by atoms with Gasteiger partial charge in [-0.3, -0.25) is 4.79 Å². The van der Waals surface area contributed by atoms with Crippen molar-refractivity contribution in [2.24, 2.45) is 5.16 Å². The second kappa shape index (κ2) is 9.27. The molecule has 0 fully saturated rings. The molecule has 1 aliphatic heterocycles. The fraction of sp³-hybridized carbons (Fsp3) is 0.167. The third-order valence-corrected chi connectivity index (χ3v) is 5.20. The van der Waals surface area contributed by atoms with Gasteiger partial charge < -0.3 is 9.74 Å². The highest BCUT2D eigenvalue weighted by atomic mass is 35.5. The zero-order chi connectivity index (χ0) is 21.8.